The van der Waals surface area contributed by atoms with Crippen LogP contribution in [0.3, 0.4) is 0 Å². The fraction of sp³-hybridized carbons (Fsp3) is 0.353. The average Bonchev–Trinajstić information content (AvgIpc) is 3.16. The maximum absolute atomic E-state index is 13.2. The molecular weight excluding hydrogens is 439 g/mol. The predicted octanol–water partition coefficient (Wildman–Crippen LogP) is -6.59. The third kappa shape index (κ3) is 4.26. The Kier molecular flexibility index (Phi) is 6.14. The molecule has 0 bridgehead atoms. The van der Waals surface area contributed by atoms with Crippen molar-refractivity contribution in [2.75, 3.05) is 11.9 Å². The monoisotopic (exact) mass is 466 g/mol. The van der Waals surface area contributed by atoms with Crippen molar-refractivity contribution in [2.45, 2.75) is 28.4 Å². The van der Waals surface area contributed by atoms with Crippen LogP contribution in [0, 0.1) is 6.92 Å². The van der Waals surface area contributed by atoms with Crippen molar-refractivity contribution in [3.63, 3.8) is 0 Å². The number of nitrogens with one attached hydrogen (secondary N) is 1. The Bertz CT molecular complexity index is 1240. The Balaban J connectivity index is 1.58. The largest absolute Gasteiger partial charge is 0.403 e. The number of amides is 1. The van der Waals surface area contributed by atoms with E-state index in [0.29, 0.717) is 5.82 Å². The number of rotatable bonds is 4. The van der Waals surface area contributed by atoms with Crippen molar-refractivity contribution in [1.29, 1.82) is 0 Å². The van der Waals surface area contributed by atoms with Gasteiger partial charge >= 0.3 is 0 Å². The van der Waals surface area contributed by atoms with Crippen molar-refractivity contribution in [3.8, 4) is 10.7 Å². The van der Waals surface area contributed by atoms with Crippen molar-refractivity contribution in [3.05, 3.63) is 29.5 Å². The molecule has 0 unspecified atom stereocenters. The second-order valence-electron chi connectivity index (χ2n) is 11.0. The van der Waals surface area contributed by atoms with Crippen molar-refractivity contribution in [1.82, 2.24) is 25.1 Å². The molecule has 1 aliphatic heterocycles. The van der Waals surface area contributed by atoms with Gasteiger partial charge in [-0.25, -0.2) is 4.98 Å². The van der Waals surface area contributed by atoms with Gasteiger partial charge < -0.3 is 15.0 Å². The van der Waals surface area contributed by atoms with Gasteiger partial charge in [0.25, 0.3) is 0 Å². The Morgan fingerprint density at radius 3 is 2.18 bits per heavy atom. The summed E-state index contributed by atoms with van der Waals surface area (Å²) in [5.74, 6) is 0.390. The number of hydrogen-bond donors (Lipinski definition) is 1. The zero-order valence-corrected chi connectivity index (χ0v) is 22.3. The molecule has 1 fully saturated rings. The number of morpholine rings is 1. The summed E-state index contributed by atoms with van der Waals surface area (Å²) in [6.45, 7) is 2.14. The summed E-state index contributed by atoms with van der Waals surface area (Å²) >= 11 is 1.50. The van der Waals surface area contributed by atoms with E-state index < -0.39 is 10.8 Å². The molecule has 166 valence electrons. The zero-order valence-electron chi connectivity index (χ0n) is 21.5. The molecule has 0 spiro atoms. The van der Waals surface area contributed by atoms with E-state index in [9.17, 15) is 4.79 Å². The highest BCUT2D eigenvalue weighted by Gasteiger charge is 2.58. The van der Waals surface area contributed by atoms with E-state index in [1.807, 2.05) is 19.1 Å². The van der Waals surface area contributed by atoms with Gasteiger partial charge in [-0.2, -0.15) is 0 Å². The molecule has 4 heterocycles. The summed E-state index contributed by atoms with van der Waals surface area (Å²) in [6.07, 6.45) is 3.49. The first kappa shape index (κ1) is 25.1. The fourth-order valence-electron chi connectivity index (χ4n) is 4.58. The molecule has 1 aliphatic rings. The minimum atomic E-state index is -0.445. The molecule has 0 aliphatic carbocycles. The van der Waals surface area contributed by atoms with Gasteiger partial charge in [0.15, 0.2) is 5.01 Å². The summed E-state index contributed by atoms with van der Waals surface area (Å²) in [6, 6.07) is 3.82. The van der Waals surface area contributed by atoms with Gasteiger partial charge in [-0.05, 0) is 35.1 Å². The molecule has 17 heteroatoms. The number of fused-ring (bicyclic) bond motifs is 1. The van der Waals surface area contributed by atoms with Crippen LogP contribution in [-0.4, -0.2) is 122 Å². The predicted molar refractivity (Wildman–Crippen MR) is 159 cm³/mol. The number of aryl methyl sites for hydroxylation is 1. The van der Waals surface area contributed by atoms with Crippen LogP contribution in [0.15, 0.2) is 24.5 Å². The summed E-state index contributed by atoms with van der Waals surface area (Å²) < 4.78 is 6.52. The molecule has 34 heavy (non-hydrogen) atoms. The Morgan fingerprint density at radius 2 is 1.59 bits per heavy atom. The number of nitrogens with zero attached hydrogens (tertiary/aromatic N) is 5. The quantitative estimate of drug-likeness (QED) is 0.384. The smallest absolute Gasteiger partial charge is 0.239 e. The normalized spacial score (nSPS) is 20.6. The summed E-state index contributed by atoms with van der Waals surface area (Å²) in [4.78, 5) is 24.4. The molecule has 1 N–H and O–H groups in total. The van der Waals surface area contributed by atoms with Gasteiger partial charge in [-0.15, -0.1) is 10.2 Å². The summed E-state index contributed by atoms with van der Waals surface area (Å²) in [7, 11) is 16.9. The topological polar surface area (TPSA) is 93.1 Å². The van der Waals surface area contributed by atoms with Gasteiger partial charge in [0, 0.05) is 28.6 Å². The molecule has 0 atom stereocenters. The minimum absolute atomic E-state index is 0.115. The van der Waals surface area contributed by atoms with Crippen molar-refractivity contribution in [2.24, 2.45) is 0 Å². The molecule has 8 nitrogen and oxygen atoms in total. The summed E-state index contributed by atoms with van der Waals surface area (Å²) in [5, 5.41) is 13.1. The Morgan fingerprint density at radius 1 is 0.971 bits per heavy atom. The van der Waals surface area contributed by atoms with Crippen LogP contribution in [0.2, 0.25) is 0 Å². The minimum Gasteiger partial charge on any atom is -0.403 e. The van der Waals surface area contributed by atoms with E-state index in [4.69, 9.17) is 4.74 Å². The highest BCUT2D eigenvalue weighted by atomic mass is 32.1. The lowest BCUT2D eigenvalue weighted by Gasteiger charge is -2.68. The Hall–Kier alpha value is -1.97. The lowest BCUT2D eigenvalue weighted by atomic mass is 9.30. The SMILES string of the molecule is BC1(B)OC(B)(B)C(B)(B)N(CC(=O)Nc2cc3cc(-c4nnc(C)s4)ncc3cn2)C1(B)B. The number of aromatic nitrogens is 4. The first-order valence-corrected chi connectivity index (χ1v) is 12.3. The van der Waals surface area contributed by atoms with Crippen LogP contribution in [0.1, 0.15) is 5.01 Å². The van der Waals surface area contributed by atoms with Gasteiger partial charge in [0.05, 0.1) is 6.54 Å². The van der Waals surface area contributed by atoms with Crippen LogP contribution in [0.5, 0.6) is 0 Å². The highest BCUT2D eigenvalue weighted by molar-refractivity contribution is 7.14. The van der Waals surface area contributed by atoms with Crippen molar-refractivity contribution < 1.29 is 9.53 Å². The molecular formula is C17H26B8N6O2S. The van der Waals surface area contributed by atoms with Crippen molar-refractivity contribution >= 4 is 96.6 Å². The molecule has 1 amide bonds. The van der Waals surface area contributed by atoms with Crippen LogP contribution in [0.4, 0.5) is 5.82 Å². The standard InChI is InChI=1S/C17H26B8N6O2S/c1-7-29-30-13(34-7)10-2-8-3-11(27-5-9(8)4-26-10)28-12(32)6-31-14(18,19)16(22,23)33-17(24,25)15(31,20)21/h2-5H,6,18-25H2,1H3,(H,27,28,32). The maximum Gasteiger partial charge on any atom is 0.239 e. The number of carbonyl (C=O) groups excluding carboxylic acids is 1. The number of pyridine rings is 2. The van der Waals surface area contributed by atoms with Crippen LogP contribution in [0.25, 0.3) is 21.5 Å². The van der Waals surface area contributed by atoms with E-state index in [2.05, 4.69) is 93.2 Å². The molecule has 3 aromatic rings. The van der Waals surface area contributed by atoms with E-state index >= 15 is 0 Å². The first-order chi connectivity index (χ1) is 15.6. The zero-order chi connectivity index (χ0) is 25.1. The lowest BCUT2D eigenvalue weighted by Crippen LogP contribution is -2.86. The van der Waals surface area contributed by atoms with Crippen LogP contribution in [-0.2, 0) is 9.53 Å². The Labute approximate surface area is 211 Å². The second kappa shape index (κ2) is 8.31. The number of hydrogen-bond acceptors (Lipinski definition) is 8. The summed E-state index contributed by atoms with van der Waals surface area (Å²) in [5.41, 5.74) is 0.753. The molecule has 4 rings (SSSR count). The first-order valence-electron chi connectivity index (χ1n) is 11.5. The highest BCUT2D eigenvalue weighted by Crippen LogP contribution is 2.39. The van der Waals surface area contributed by atoms with E-state index in [1.165, 1.54) is 11.3 Å². The van der Waals surface area contributed by atoms with Crippen LogP contribution < -0.4 is 5.32 Å². The number of carbonyl (C=O) groups is 1. The van der Waals surface area contributed by atoms with E-state index in [0.717, 1.165) is 26.5 Å². The fourth-order valence-corrected chi connectivity index (χ4v) is 5.24. The van der Waals surface area contributed by atoms with Gasteiger partial charge in [0.2, 0.25) is 5.91 Å². The second-order valence-corrected chi connectivity index (χ2v) is 12.2. The molecule has 0 radical (unpaired) electrons. The number of ether oxygens (including phenoxy) is 1. The molecule has 1 saturated heterocycles. The molecule has 0 aromatic carbocycles. The van der Waals surface area contributed by atoms with Gasteiger partial charge in [-0.1, -0.05) is 11.3 Å². The van der Waals surface area contributed by atoms with E-state index in [-0.39, 0.29) is 23.1 Å². The van der Waals surface area contributed by atoms with Gasteiger partial charge in [0.1, 0.15) is 79.3 Å². The maximum atomic E-state index is 13.2. The van der Waals surface area contributed by atoms with Crippen LogP contribution >= 0.6 is 11.3 Å². The lowest BCUT2D eigenvalue weighted by molar-refractivity contribution is -0.131. The number of anilines is 1. The molecule has 3 aromatic heterocycles. The van der Waals surface area contributed by atoms with Gasteiger partial charge in [-0.3, -0.25) is 9.78 Å². The molecule has 0 saturated carbocycles. The third-order valence-electron chi connectivity index (χ3n) is 7.72. The van der Waals surface area contributed by atoms with E-state index in [1.54, 1.807) is 12.4 Å². The third-order valence-corrected chi connectivity index (χ3v) is 8.59. The average molecular weight is 465 g/mol.